The number of rotatable bonds is 8. The highest BCUT2D eigenvalue weighted by molar-refractivity contribution is 14.1. The number of hydrogen-bond acceptors (Lipinski definition) is 8. The Bertz CT molecular complexity index is 1940. The normalized spacial score (nSPS) is 13.9. The first-order valence-electron chi connectivity index (χ1n) is 15.6. The van der Waals surface area contributed by atoms with Gasteiger partial charge in [0.1, 0.15) is 23.1 Å². The fourth-order valence-corrected chi connectivity index (χ4v) is 5.92. The van der Waals surface area contributed by atoms with Crippen molar-refractivity contribution in [3.63, 3.8) is 0 Å². The van der Waals surface area contributed by atoms with Gasteiger partial charge in [0.25, 0.3) is 11.5 Å². The maximum Gasteiger partial charge on any atom is 0.290 e. The topological polar surface area (TPSA) is 125 Å². The summed E-state index contributed by atoms with van der Waals surface area (Å²) < 4.78 is 18.4. The Morgan fingerprint density at radius 3 is 2.54 bits per heavy atom. The number of aliphatic hydroxyl groups excluding tert-OH is 1. The Morgan fingerprint density at radius 1 is 1.15 bits per heavy atom. The number of piperidine rings is 1. The van der Waals surface area contributed by atoms with Crippen molar-refractivity contribution in [3.05, 3.63) is 103 Å². The van der Waals surface area contributed by atoms with Gasteiger partial charge in [0, 0.05) is 34.7 Å². The van der Waals surface area contributed by atoms with Crippen LogP contribution >= 0.6 is 22.6 Å². The number of pyridine rings is 2. The van der Waals surface area contributed by atoms with Crippen LogP contribution in [0.3, 0.4) is 0 Å². The zero-order valence-corrected chi connectivity index (χ0v) is 29.8. The molecule has 4 heterocycles. The van der Waals surface area contributed by atoms with Gasteiger partial charge in [-0.05, 0) is 120 Å². The maximum absolute atomic E-state index is 15.5. The summed E-state index contributed by atoms with van der Waals surface area (Å²) in [5.41, 5.74) is 5.54. The van der Waals surface area contributed by atoms with Crippen molar-refractivity contribution < 1.29 is 14.3 Å². The molecule has 5 rings (SSSR count). The number of benzene rings is 1. The molecule has 12 heteroatoms. The molecule has 0 aliphatic carbocycles. The van der Waals surface area contributed by atoms with Crippen LogP contribution in [0.15, 0.2) is 63.4 Å². The first-order valence-corrected chi connectivity index (χ1v) is 16.9. The second-order valence-electron chi connectivity index (χ2n) is 12.9. The molecule has 4 aromatic rings. The van der Waals surface area contributed by atoms with Gasteiger partial charge in [-0.1, -0.05) is 26.8 Å². The molecule has 3 N–H and O–H groups in total. The lowest BCUT2D eigenvalue weighted by atomic mass is 9.85. The molecule has 0 saturated carbocycles. The van der Waals surface area contributed by atoms with Gasteiger partial charge in [0.15, 0.2) is 0 Å². The molecule has 10 nitrogen and oxygen atoms in total. The summed E-state index contributed by atoms with van der Waals surface area (Å²) in [6.07, 6.45) is 7.01. The van der Waals surface area contributed by atoms with Gasteiger partial charge >= 0.3 is 0 Å². The van der Waals surface area contributed by atoms with Gasteiger partial charge in [-0.25, -0.2) is 19.0 Å². The summed E-state index contributed by atoms with van der Waals surface area (Å²) in [5.74, 6) is -0.426. The van der Waals surface area contributed by atoms with Crippen molar-refractivity contribution in [2.24, 2.45) is 7.05 Å². The lowest BCUT2D eigenvalue weighted by molar-refractivity contribution is 0.102. The number of nitrogens with zero attached hydrogens (tertiary/aromatic N) is 5. The molecular weight excluding hydrogens is 724 g/mol. The quantitative estimate of drug-likeness (QED) is 0.137. The minimum Gasteiger partial charge on any atom is -0.392 e. The van der Waals surface area contributed by atoms with E-state index < -0.39 is 18.3 Å². The molecule has 48 heavy (non-hydrogen) atoms. The molecule has 0 atom stereocenters. The fourth-order valence-electron chi connectivity index (χ4n) is 5.74. The van der Waals surface area contributed by atoms with Gasteiger partial charge < -0.3 is 20.6 Å². The molecule has 1 fully saturated rings. The maximum atomic E-state index is 15.5. The number of aromatic nitrogens is 4. The third-order valence-electron chi connectivity index (χ3n) is 8.54. The lowest BCUT2D eigenvalue weighted by Crippen LogP contribution is -2.29. The van der Waals surface area contributed by atoms with Crippen LogP contribution in [-0.4, -0.2) is 55.8 Å². The third-order valence-corrected chi connectivity index (χ3v) is 8.90. The molecule has 1 aliphatic heterocycles. The second kappa shape index (κ2) is 14.9. The minimum absolute atomic E-state index is 0.0370. The molecule has 1 amide bonds. The SMILES string of the molecule is CN1CCC(c2ccc(Nc3cc(-c4ccnc(NC(=O)c5c(F)cc(C(C)(C)C)cc5C=C=CI)c4CO)nn(C)c3=O)nc2)CC1. The largest absolute Gasteiger partial charge is 0.392 e. The second-order valence-corrected chi connectivity index (χ2v) is 13.6. The number of aliphatic hydroxyl groups is 1. The van der Waals surface area contributed by atoms with E-state index >= 15 is 4.39 Å². The first-order chi connectivity index (χ1) is 22.9. The predicted octanol–water partition coefficient (Wildman–Crippen LogP) is 6.53. The number of amides is 1. The van der Waals surface area contributed by atoms with E-state index in [-0.39, 0.29) is 33.6 Å². The summed E-state index contributed by atoms with van der Waals surface area (Å²) in [5, 5.41) is 20.7. The van der Waals surface area contributed by atoms with Crippen LogP contribution in [0, 0.1) is 5.82 Å². The summed E-state index contributed by atoms with van der Waals surface area (Å²) >= 11 is 2.00. The zero-order valence-electron chi connectivity index (χ0n) is 27.6. The lowest BCUT2D eigenvalue weighted by Gasteiger charge is -2.29. The van der Waals surface area contributed by atoms with Crippen molar-refractivity contribution in [2.75, 3.05) is 30.8 Å². The number of anilines is 3. The Morgan fingerprint density at radius 2 is 1.90 bits per heavy atom. The van der Waals surface area contributed by atoms with Crippen molar-refractivity contribution in [1.82, 2.24) is 24.6 Å². The van der Waals surface area contributed by atoms with E-state index in [2.05, 4.69) is 43.4 Å². The molecule has 3 aromatic heterocycles. The smallest absolute Gasteiger partial charge is 0.290 e. The molecule has 250 valence electrons. The highest BCUT2D eigenvalue weighted by atomic mass is 127. The minimum atomic E-state index is -0.737. The molecule has 1 aliphatic rings. The van der Waals surface area contributed by atoms with E-state index in [9.17, 15) is 14.7 Å². The number of carbonyl (C=O) groups is 1. The van der Waals surface area contributed by atoms with Crippen molar-refractivity contribution >= 4 is 51.9 Å². The number of hydrogen-bond donors (Lipinski definition) is 3. The van der Waals surface area contributed by atoms with Crippen LogP contribution < -0.4 is 16.2 Å². The number of halogens is 2. The Kier molecular flexibility index (Phi) is 10.9. The van der Waals surface area contributed by atoms with E-state index in [1.807, 2.05) is 61.7 Å². The number of likely N-dealkylation sites (tertiary alicyclic amines) is 1. The Hall–Kier alpha value is -4.23. The number of aryl methyl sites for hydroxylation is 1. The van der Waals surface area contributed by atoms with Crippen molar-refractivity contribution in [3.8, 4) is 11.3 Å². The van der Waals surface area contributed by atoms with Crippen LogP contribution in [0.4, 0.5) is 21.7 Å². The molecule has 0 bridgehead atoms. The van der Waals surface area contributed by atoms with Gasteiger partial charge in [-0.2, -0.15) is 5.10 Å². The van der Waals surface area contributed by atoms with Crippen LogP contribution in [-0.2, 0) is 19.1 Å². The molecule has 0 unspecified atom stereocenters. The van der Waals surface area contributed by atoms with E-state index in [0.29, 0.717) is 28.6 Å². The van der Waals surface area contributed by atoms with Crippen LogP contribution in [0.25, 0.3) is 17.3 Å². The molecule has 1 aromatic carbocycles. The monoisotopic (exact) mass is 763 g/mol. The van der Waals surface area contributed by atoms with Gasteiger partial charge in [-0.15, -0.1) is 5.73 Å². The van der Waals surface area contributed by atoms with Crippen LogP contribution in [0.5, 0.6) is 0 Å². The first kappa shape index (κ1) is 35.1. The zero-order chi connectivity index (χ0) is 34.6. The Labute approximate surface area is 293 Å². The molecule has 1 saturated heterocycles. The highest BCUT2D eigenvalue weighted by Gasteiger charge is 2.24. The summed E-state index contributed by atoms with van der Waals surface area (Å²) in [6, 6.07) is 10.2. The number of nitrogens with one attached hydrogen (secondary N) is 2. The summed E-state index contributed by atoms with van der Waals surface area (Å²) in [4.78, 5) is 37.9. The average Bonchev–Trinajstić information content (AvgIpc) is 3.05. The van der Waals surface area contributed by atoms with Crippen LogP contribution in [0.2, 0.25) is 0 Å². The average molecular weight is 764 g/mol. The van der Waals surface area contributed by atoms with E-state index in [1.54, 1.807) is 28.4 Å². The van der Waals surface area contributed by atoms with Crippen molar-refractivity contribution in [1.29, 1.82) is 0 Å². The van der Waals surface area contributed by atoms with Gasteiger partial charge in [0.05, 0.1) is 17.9 Å². The van der Waals surface area contributed by atoms with E-state index in [4.69, 9.17) is 0 Å². The highest BCUT2D eigenvalue weighted by Crippen LogP contribution is 2.31. The molecule has 0 radical (unpaired) electrons. The van der Waals surface area contributed by atoms with Crippen molar-refractivity contribution in [2.45, 2.75) is 51.6 Å². The van der Waals surface area contributed by atoms with E-state index in [1.165, 1.54) is 29.6 Å². The van der Waals surface area contributed by atoms with Gasteiger partial charge in [0.2, 0.25) is 0 Å². The molecule has 0 spiro atoms. The van der Waals surface area contributed by atoms with Crippen LogP contribution in [0.1, 0.15) is 72.1 Å². The summed E-state index contributed by atoms with van der Waals surface area (Å²) in [6.45, 7) is 7.47. The standard InChI is InChI=1S/C36H39FIN7O3/c1-36(2,3)25-17-23(7-6-13-38)32(28(37)18-25)34(47)42-33-27(21-46)26(10-14-39-33)29-19-30(35(48)45(5)43-29)41-31-9-8-24(20-40-31)22-11-15-44(4)16-12-22/h7-10,13-14,17-20,22,46H,11-12,15-16,21H2,1-5H3,(H,40,41)(H,39,42,47). The fraction of sp³-hybridized carbons (Fsp3) is 0.333. The third kappa shape index (κ3) is 7.90. The molecular formula is C36H39FIN7O3. The predicted molar refractivity (Wildman–Crippen MR) is 195 cm³/mol. The summed E-state index contributed by atoms with van der Waals surface area (Å²) in [7, 11) is 3.66. The van der Waals surface area contributed by atoms with Gasteiger partial charge in [-0.3, -0.25) is 9.59 Å². The number of carbonyl (C=O) groups excluding carboxylic acids is 1. The Balaban J connectivity index is 1.45. The van der Waals surface area contributed by atoms with E-state index in [0.717, 1.165) is 31.5 Å².